The number of carboxylic acids is 1. The lowest BCUT2D eigenvalue weighted by Crippen LogP contribution is -1.98. The van der Waals surface area contributed by atoms with Crippen LogP contribution in [0.25, 0.3) is 5.65 Å². The molecule has 2 aromatic heterocycles. The van der Waals surface area contributed by atoms with Gasteiger partial charge in [-0.25, -0.2) is 4.79 Å². The maximum Gasteiger partial charge on any atom is 0.335 e. The monoisotopic (exact) mass is 203 g/mol. The minimum atomic E-state index is -0.937. The number of hydrogen-bond acceptors (Lipinski definition) is 3. The topological polar surface area (TPSA) is 67.5 Å². The van der Waals surface area contributed by atoms with Gasteiger partial charge in [0, 0.05) is 12.1 Å². The van der Waals surface area contributed by atoms with E-state index >= 15 is 0 Å². The summed E-state index contributed by atoms with van der Waals surface area (Å²) in [5.74, 6) is 0.520. The van der Waals surface area contributed by atoms with Gasteiger partial charge in [0.15, 0.2) is 5.65 Å². The lowest BCUT2D eigenvalue weighted by Gasteiger charge is -1.98. The molecule has 0 aliphatic heterocycles. The fraction of sp³-hybridized carbons (Fsp3) is 0.300. The van der Waals surface area contributed by atoms with Gasteiger partial charge >= 0.3 is 5.97 Å². The van der Waals surface area contributed by atoms with Crippen molar-refractivity contribution in [2.75, 3.05) is 0 Å². The molecule has 0 aromatic carbocycles. The molecule has 0 saturated heterocycles. The zero-order valence-electron chi connectivity index (χ0n) is 7.92. The third-order valence-electron chi connectivity index (χ3n) is 2.63. The van der Waals surface area contributed by atoms with Crippen LogP contribution in [0, 0.1) is 0 Å². The van der Waals surface area contributed by atoms with Crippen molar-refractivity contribution in [3.63, 3.8) is 0 Å². The Morgan fingerprint density at radius 1 is 1.47 bits per heavy atom. The lowest BCUT2D eigenvalue weighted by atomic mass is 10.2. The molecular formula is C10H9N3O2. The maximum absolute atomic E-state index is 10.7. The molecule has 0 radical (unpaired) electrons. The van der Waals surface area contributed by atoms with Gasteiger partial charge in [-0.1, -0.05) is 0 Å². The van der Waals surface area contributed by atoms with Crippen molar-refractivity contribution in [2.45, 2.75) is 18.8 Å². The molecule has 5 heteroatoms. The van der Waals surface area contributed by atoms with E-state index in [1.165, 1.54) is 0 Å². The van der Waals surface area contributed by atoms with E-state index in [1.807, 2.05) is 4.40 Å². The number of hydrogen-bond donors (Lipinski definition) is 1. The number of carboxylic acid groups (broad SMARTS) is 1. The van der Waals surface area contributed by atoms with Crippen LogP contribution in [-0.2, 0) is 0 Å². The van der Waals surface area contributed by atoms with Crippen molar-refractivity contribution in [2.24, 2.45) is 0 Å². The SMILES string of the molecule is O=C(O)c1ccn2c(C3CC3)nnc2c1. The highest BCUT2D eigenvalue weighted by molar-refractivity contribution is 5.88. The van der Waals surface area contributed by atoms with Crippen molar-refractivity contribution in [1.82, 2.24) is 14.6 Å². The quantitative estimate of drug-likeness (QED) is 0.798. The largest absolute Gasteiger partial charge is 0.478 e. The van der Waals surface area contributed by atoms with E-state index in [-0.39, 0.29) is 5.56 Å². The van der Waals surface area contributed by atoms with Crippen LogP contribution in [0.3, 0.4) is 0 Å². The third kappa shape index (κ3) is 1.27. The van der Waals surface area contributed by atoms with Crippen molar-refractivity contribution < 1.29 is 9.90 Å². The first kappa shape index (κ1) is 8.40. The Kier molecular flexibility index (Phi) is 1.56. The zero-order valence-corrected chi connectivity index (χ0v) is 7.92. The lowest BCUT2D eigenvalue weighted by molar-refractivity contribution is 0.0697. The molecule has 2 aromatic rings. The van der Waals surface area contributed by atoms with Gasteiger partial charge in [-0.2, -0.15) is 0 Å². The Morgan fingerprint density at radius 3 is 2.93 bits per heavy atom. The second kappa shape index (κ2) is 2.79. The molecule has 2 heterocycles. The predicted molar refractivity (Wildman–Crippen MR) is 51.9 cm³/mol. The summed E-state index contributed by atoms with van der Waals surface area (Å²) in [7, 11) is 0. The van der Waals surface area contributed by atoms with Crippen molar-refractivity contribution in [3.05, 3.63) is 29.7 Å². The van der Waals surface area contributed by atoms with Crippen LogP contribution < -0.4 is 0 Å². The second-order valence-corrected chi connectivity index (χ2v) is 3.78. The number of pyridine rings is 1. The van der Waals surface area contributed by atoms with Gasteiger partial charge in [-0.05, 0) is 25.0 Å². The summed E-state index contributed by atoms with van der Waals surface area (Å²) in [5.41, 5.74) is 0.856. The molecule has 0 amide bonds. The van der Waals surface area contributed by atoms with Crippen LogP contribution in [0.2, 0.25) is 0 Å². The molecule has 0 spiro atoms. The Balaban J connectivity index is 2.17. The first-order valence-electron chi connectivity index (χ1n) is 4.83. The summed E-state index contributed by atoms with van der Waals surface area (Å²) in [4.78, 5) is 10.7. The van der Waals surface area contributed by atoms with Crippen molar-refractivity contribution in [1.29, 1.82) is 0 Å². The summed E-state index contributed by atoms with van der Waals surface area (Å²) < 4.78 is 1.87. The highest BCUT2D eigenvalue weighted by atomic mass is 16.4. The number of fused-ring (bicyclic) bond motifs is 1. The van der Waals surface area contributed by atoms with Gasteiger partial charge in [0.2, 0.25) is 0 Å². The van der Waals surface area contributed by atoms with Gasteiger partial charge < -0.3 is 5.11 Å². The Labute approximate surface area is 85.4 Å². The minimum Gasteiger partial charge on any atom is -0.478 e. The maximum atomic E-state index is 10.7. The summed E-state index contributed by atoms with van der Waals surface area (Å²) in [6, 6.07) is 3.12. The Morgan fingerprint density at radius 2 is 2.27 bits per heavy atom. The molecule has 1 N–H and O–H groups in total. The molecule has 15 heavy (non-hydrogen) atoms. The molecule has 76 valence electrons. The van der Waals surface area contributed by atoms with Crippen molar-refractivity contribution >= 4 is 11.6 Å². The molecule has 1 fully saturated rings. The summed E-state index contributed by atoms with van der Waals surface area (Å²) in [6.45, 7) is 0. The van der Waals surface area contributed by atoms with Crippen LogP contribution in [0.1, 0.15) is 34.9 Å². The fourth-order valence-corrected chi connectivity index (χ4v) is 1.66. The van der Waals surface area contributed by atoms with Crippen LogP contribution in [0.4, 0.5) is 0 Å². The van der Waals surface area contributed by atoms with E-state index in [2.05, 4.69) is 10.2 Å². The molecule has 0 bridgehead atoms. The van der Waals surface area contributed by atoms with Crippen LogP contribution in [0.15, 0.2) is 18.3 Å². The molecule has 1 aliphatic rings. The van der Waals surface area contributed by atoms with E-state index in [0.717, 1.165) is 18.7 Å². The fourth-order valence-electron chi connectivity index (χ4n) is 1.66. The van der Waals surface area contributed by atoms with E-state index in [4.69, 9.17) is 5.11 Å². The zero-order chi connectivity index (χ0) is 10.4. The number of aromatic carboxylic acids is 1. The third-order valence-corrected chi connectivity index (χ3v) is 2.63. The summed E-state index contributed by atoms with van der Waals surface area (Å²) in [6.07, 6.45) is 4.04. The number of carbonyl (C=O) groups is 1. The van der Waals surface area contributed by atoms with E-state index < -0.39 is 5.97 Å². The average Bonchev–Trinajstić information content (AvgIpc) is 2.98. The molecule has 0 unspecified atom stereocenters. The normalized spacial score (nSPS) is 15.7. The summed E-state index contributed by atoms with van der Waals surface area (Å²) in [5, 5.41) is 16.9. The minimum absolute atomic E-state index is 0.247. The van der Waals surface area contributed by atoms with Gasteiger partial charge in [0.05, 0.1) is 5.56 Å². The first-order valence-corrected chi connectivity index (χ1v) is 4.83. The molecule has 0 atom stereocenters. The first-order chi connectivity index (χ1) is 7.25. The molecule has 3 rings (SSSR count). The van der Waals surface area contributed by atoms with Gasteiger partial charge in [-0.15, -0.1) is 10.2 Å². The second-order valence-electron chi connectivity index (χ2n) is 3.78. The van der Waals surface area contributed by atoms with Gasteiger partial charge in [-0.3, -0.25) is 4.40 Å². The molecule has 1 aliphatic carbocycles. The Hall–Kier alpha value is -1.91. The van der Waals surface area contributed by atoms with E-state index in [0.29, 0.717) is 11.6 Å². The molecule has 5 nitrogen and oxygen atoms in total. The highest BCUT2D eigenvalue weighted by Crippen LogP contribution is 2.38. The number of rotatable bonds is 2. The standard InChI is InChI=1S/C10H9N3O2/c14-10(15)7-3-4-13-8(5-7)11-12-9(13)6-1-2-6/h3-6H,1-2H2,(H,14,15). The smallest absolute Gasteiger partial charge is 0.335 e. The predicted octanol–water partition coefficient (Wildman–Crippen LogP) is 1.30. The van der Waals surface area contributed by atoms with E-state index in [1.54, 1.807) is 18.3 Å². The van der Waals surface area contributed by atoms with Crippen LogP contribution in [-0.4, -0.2) is 25.7 Å². The van der Waals surface area contributed by atoms with Crippen LogP contribution >= 0.6 is 0 Å². The average molecular weight is 203 g/mol. The van der Waals surface area contributed by atoms with Crippen LogP contribution in [0.5, 0.6) is 0 Å². The molecular weight excluding hydrogens is 194 g/mol. The number of nitrogens with zero attached hydrogens (tertiary/aromatic N) is 3. The van der Waals surface area contributed by atoms with Gasteiger partial charge in [0.25, 0.3) is 0 Å². The van der Waals surface area contributed by atoms with E-state index in [9.17, 15) is 4.79 Å². The summed E-state index contributed by atoms with van der Waals surface area (Å²) >= 11 is 0. The van der Waals surface area contributed by atoms with Crippen molar-refractivity contribution in [3.8, 4) is 0 Å². The highest BCUT2D eigenvalue weighted by Gasteiger charge is 2.28. The Bertz CT molecular complexity index is 543. The molecule has 1 saturated carbocycles. The number of aromatic nitrogens is 3. The van der Waals surface area contributed by atoms with Gasteiger partial charge in [0.1, 0.15) is 5.82 Å².